The van der Waals surface area contributed by atoms with Crippen LogP contribution in [-0.2, 0) is 22.4 Å². The molecule has 6 nitrogen and oxygen atoms in total. The molecule has 0 saturated heterocycles. The summed E-state index contributed by atoms with van der Waals surface area (Å²) < 4.78 is 33.6. The number of aromatic nitrogens is 2. The summed E-state index contributed by atoms with van der Waals surface area (Å²) in [6.07, 6.45) is 2.28. The monoisotopic (exact) mass is 453 g/mol. The van der Waals surface area contributed by atoms with E-state index < -0.39 is 18.0 Å². The summed E-state index contributed by atoms with van der Waals surface area (Å²) >= 11 is 0. The molecule has 0 aliphatic heterocycles. The van der Waals surface area contributed by atoms with E-state index in [4.69, 9.17) is 4.74 Å². The van der Waals surface area contributed by atoms with E-state index in [2.05, 4.69) is 10.4 Å². The van der Waals surface area contributed by atoms with Crippen LogP contribution >= 0.6 is 0 Å². The molecule has 1 aliphatic carbocycles. The van der Waals surface area contributed by atoms with Gasteiger partial charge < -0.3 is 10.1 Å². The number of nitrogens with one attached hydrogen (secondary N) is 1. The number of fused-ring (bicyclic) bond motifs is 1. The molecule has 0 saturated carbocycles. The van der Waals surface area contributed by atoms with Crippen LogP contribution in [-0.4, -0.2) is 27.8 Å². The predicted octanol–water partition coefficient (Wildman–Crippen LogP) is 4.45. The molecule has 0 fully saturated rings. The van der Waals surface area contributed by atoms with Crippen LogP contribution in [0.4, 0.5) is 8.78 Å². The maximum absolute atomic E-state index is 13.4. The molecule has 8 heteroatoms. The lowest BCUT2D eigenvalue weighted by atomic mass is 9.95. The topological polar surface area (TPSA) is 73.2 Å². The van der Waals surface area contributed by atoms with E-state index in [9.17, 15) is 18.4 Å². The summed E-state index contributed by atoms with van der Waals surface area (Å²) in [5.74, 6) is -1.85. The molecular weight excluding hydrogens is 428 g/mol. The molecule has 2 aromatic carbocycles. The molecule has 0 radical (unpaired) electrons. The van der Waals surface area contributed by atoms with E-state index in [1.807, 2.05) is 0 Å². The SMILES string of the molecule is C[C@H](NC(=O)[C@@H](C)OC(=O)c1nn(-c2ccc(F)cc2)c2c1CCCC2)c1ccc(F)cc1. The van der Waals surface area contributed by atoms with Crippen molar-refractivity contribution in [3.8, 4) is 5.69 Å². The molecule has 33 heavy (non-hydrogen) atoms. The number of carbonyl (C=O) groups is 2. The van der Waals surface area contributed by atoms with E-state index in [1.165, 1.54) is 31.2 Å². The highest BCUT2D eigenvalue weighted by molar-refractivity contribution is 5.92. The lowest BCUT2D eigenvalue weighted by Gasteiger charge is -2.18. The Balaban J connectivity index is 1.49. The highest BCUT2D eigenvalue weighted by Crippen LogP contribution is 2.28. The minimum atomic E-state index is -1.05. The van der Waals surface area contributed by atoms with Gasteiger partial charge in [-0.05, 0) is 81.5 Å². The Morgan fingerprint density at radius 1 is 0.970 bits per heavy atom. The zero-order valence-corrected chi connectivity index (χ0v) is 18.5. The maximum atomic E-state index is 13.4. The number of benzene rings is 2. The van der Waals surface area contributed by atoms with Gasteiger partial charge >= 0.3 is 5.97 Å². The Morgan fingerprint density at radius 2 is 1.58 bits per heavy atom. The molecule has 3 aromatic rings. The minimum Gasteiger partial charge on any atom is -0.448 e. The first-order valence-electron chi connectivity index (χ1n) is 11.0. The second-order valence-electron chi connectivity index (χ2n) is 8.20. The normalized spacial score (nSPS) is 14.8. The van der Waals surface area contributed by atoms with Crippen molar-refractivity contribution in [3.63, 3.8) is 0 Å². The smallest absolute Gasteiger partial charge is 0.359 e. The summed E-state index contributed by atoms with van der Waals surface area (Å²) in [5, 5.41) is 7.24. The largest absolute Gasteiger partial charge is 0.448 e. The van der Waals surface area contributed by atoms with Crippen molar-refractivity contribution in [2.45, 2.75) is 51.7 Å². The van der Waals surface area contributed by atoms with Gasteiger partial charge in [0.2, 0.25) is 0 Å². The third-order valence-corrected chi connectivity index (χ3v) is 5.83. The van der Waals surface area contributed by atoms with Crippen molar-refractivity contribution in [2.75, 3.05) is 0 Å². The van der Waals surface area contributed by atoms with Crippen LogP contribution in [0.15, 0.2) is 48.5 Å². The van der Waals surface area contributed by atoms with E-state index in [0.29, 0.717) is 12.1 Å². The summed E-state index contributed by atoms with van der Waals surface area (Å²) in [6, 6.07) is 11.3. The standard InChI is InChI=1S/C25H25F2N3O3/c1-15(17-7-9-18(26)10-8-17)28-24(31)16(2)33-25(32)23-21-5-3-4-6-22(21)30(29-23)20-13-11-19(27)12-14-20/h7-16H,3-6H2,1-2H3,(H,28,31)/t15-,16+/m0/s1. The molecule has 1 aromatic heterocycles. The van der Waals surface area contributed by atoms with Crippen molar-refractivity contribution >= 4 is 11.9 Å². The Bertz CT molecular complexity index is 1160. The third kappa shape index (κ3) is 4.94. The summed E-state index contributed by atoms with van der Waals surface area (Å²) in [6.45, 7) is 3.26. The van der Waals surface area contributed by atoms with Crippen LogP contribution in [0, 0.1) is 11.6 Å². The number of nitrogens with zero attached hydrogens (tertiary/aromatic N) is 2. The van der Waals surface area contributed by atoms with Gasteiger partial charge in [-0.2, -0.15) is 5.10 Å². The van der Waals surface area contributed by atoms with Crippen molar-refractivity contribution in [3.05, 3.63) is 82.7 Å². The van der Waals surface area contributed by atoms with Gasteiger partial charge in [0.25, 0.3) is 5.91 Å². The first kappa shape index (κ1) is 22.6. The van der Waals surface area contributed by atoms with E-state index in [0.717, 1.165) is 36.1 Å². The number of esters is 1. The van der Waals surface area contributed by atoms with Crippen LogP contribution in [0.3, 0.4) is 0 Å². The van der Waals surface area contributed by atoms with Crippen LogP contribution in [0.25, 0.3) is 5.69 Å². The van der Waals surface area contributed by atoms with Gasteiger partial charge in [-0.15, -0.1) is 0 Å². The molecule has 172 valence electrons. The highest BCUT2D eigenvalue weighted by atomic mass is 19.1. The predicted molar refractivity (Wildman–Crippen MR) is 118 cm³/mol. The molecule has 0 spiro atoms. The van der Waals surface area contributed by atoms with E-state index >= 15 is 0 Å². The van der Waals surface area contributed by atoms with E-state index in [-0.39, 0.29) is 23.4 Å². The van der Waals surface area contributed by atoms with Gasteiger partial charge in [-0.25, -0.2) is 18.3 Å². The fourth-order valence-electron chi connectivity index (χ4n) is 3.99. The van der Waals surface area contributed by atoms with Crippen molar-refractivity contribution in [1.29, 1.82) is 0 Å². The van der Waals surface area contributed by atoms with Crippen LogP contribution < -0.4 is 5.32 Å². The number of rotatable bonds is 6. The van der Waals surface area contributed by atoms with Crippen LogP contribution in [0.1, 0.15) is 60.0 Å². The number of hydrogen-bond donors (Lipinski definition) is 1. The summed E-state index contributed by atoms with van der Waals surface area (Å²) in [7, 11) is 0. The number of hydrogen-bond acceptors (Lipinski definition) is 4. The van der Waals surface area contributed by atoms with Gasteiger partial charge in [0, 0.05) is 11.3 Å². The molecular formula is C25H25F2N3O3. The number of halogens is 2. The van der Waals surface area contributed by atoms with Gasteiger partial charge in [-0.1, -0.05) is 12.1 Å². The fraction of sp³-hybridized carbons (Fsp3) is 0.320. The molecule has 0 bridgehead atoms. The molecule has 1 aliphatic rings. The van der Waals surface area contributed by atoms with Crippen LogP contribution in [0.2, 0.25) is 0 Å². The Kier molecular flexibility index (Phi) is 6.53. The average Bonchev–Trinajstić information content (AvgIpc) is 3.20. The second-order valence-corrected chi connectivity index (χ2v) is 8.20. The second kappa shape index (κ2) is 9.52. The van der Waals surface area contributed by atoms with Gasteiger partial charge in [0.1, 0.15) is 11.6 Å². The quantitative estimate of drug-likeness (QED) is 0.560. The molecule has 1 heterocycles. The number of carbonyl (C=O) groups excluding carboxylic acids is 2. The zero-order chi connectivity index (χ0) is 23.5. The fourth-order valence-corrected chi connectivity index (χ4v) is 3.99. The molecule has 1 N–H and O–H groups in total. The van der Waals surface area contributed by atoms with Crippen molar-refractivity contribution in [1.82, 2.24) is 15.1 Å². The van der Waals surface area contributed by atoms with Gasteiger partial charge in [0.15, 0.2) is 11.8 Å². The van der Waals surface area contributed by atoms with Crippen LogP contribution in [0.5, 0.6) is 0 Å². The Morgan fingerprint density at radius 3 is 2.24 bits per heavy atom. The average molecular weight is 453 g/mol. The molecule has 1 amide bonds. The zero-order valence-electron chi connectivity index (χ0n) is 18.5. The summed E-state index contributed by atoms with van der Waals surface area (Å²) in [5.41, 5.74) is 3.29. The first-order valence-corrected chi connectivity index (χ1v) is 11.0. The third-order valence-electron chi connectivity index (χ3n) is 5.83. The Hall–Kier alpha value is -3.55. The molecule has 2 atom stereocenters. The first-order chi connectivity index (χ1) is 15.8. The maximum Gasteiger partial charge on any atom is 0.359 e. The van der Waals surface area contributed by atoms with Crippen molar-refractivity contribution < 1.29 is 23.1 Å². The number of amides is 1. The number of ether oxygens (including phenoxy) is 1. The summed E-state index contributed by atoms with van der Waals surface area (Å²) in [4.78, 5) is 25.5. The lowest BCUT2D eigenvalue weighted by molar-refractivity contribution is -0.129. The molecule has 4 rings (SSSR count). The van der Waals surface area contributed by atoms with E-state index in [1.54, 1.807) is 35.9 Å². The Labute approximate surface area is 190 Å². The van der Waals surface area contributed by atoms with Gasteiger partial charge in [0.05, 0.1) is 11.7 Å². The lowest BCUT2D eigenvalue weighted by Crippen LogP contribution is -2.37. The highest BCUT2D eigenvalue weighted by Gasteiger charge is 2.29. The molecule has 0 unspecified atom stereocenters. The minimum absolute atomic E-state index is 0.181. The van der Waals surface area contributed by atoms with Crippen molar-refractivity contribution in [2.24, 2.45) is 0 Å². The van der Waals surface area contributed by atoms with Gasteiger partial charge in [-0.3, -0.25) is 4.79 Å².